The van der Waals surface area contributed by atoms with Crippen LogP contribution in [0, 0.1) is 0 Å². The van der Waals surface area contributed by atoms with Crippen molar-refractivity contribution >= 4 is 0 Å². The van der Waals surface area contributed by atoms with Crippen LogP contribution >= 0.6 is 0 Å². The van der Waals surface area contributed by atoms with Crippen molar-refractivity contribution in [1.82, 2.24) is 0 Å². The quantitative estimate of drug-likeness (QED) is 0.0756. The summed E-state index contributed by atoms with van der Waals surface area (Å²) in [5, 5.41) is 0. The van der Waals surface area contributed by atoms with Gasteiger partial charge in [0, 0.05) is 19.8 Å². The van der Waals surface area contributed by atoms with Crippen LogP contribution in [-0.4, -0.2) is 26.0 Å². The Kier molecular flexibility index (Phi) is 36.6. The van der Waals surface area contributed by atoms with Gasteiger partial charge in [0.2, 0.25) is 0 Å². The lowest BCUT2D eigenvalue weighted by Crippen LogP contribution is -2.27. The molecule has 3 nitrogen and oxygen atoms in total. The first-order valence-corrected chi connectivity index (χ1v) is 15.3. The lowest BCUT2D eigenvalue weighted by Gasteiger charge is -2.16. The van der Waals surface area contributed by atoms with E-state index >= 15 is 0 Å². The fourth-order valence-electron chi connectivity index (χ4n) is 3.91. The molecule has 0 bridgehead atoms. The minimum atomic E-state index is -0.210. The van der Waals surface area contributed by atoms with Gasteiger partial charge < -0.3 is 15.2 Å². The highest BCUT2D eigenvalue weighted by Crippen LogP contribution is 2.12. The van der Waals surface area contributed by atoms with Gasteiger partial charge in [0.1, 0.15) is 0 Å². The molecule has 0 saturated heterocycles. The maximum atomic E-state index is 5.82. The van der Waals surface area contributed by atoms with Gasteiger partial charge >= 0.3 is 0 Å². The van der Waals surface area contributed by atoms with Crippen molar-refractivity contribution in [3.05, 3.63) is 12.2 Å². The molecule has 3 heteroatoms. The zero-order valence-electron chi connectivity index (χ0n) is 24.1. The molecule has 0 heterocycles. The monoisotopic (exact) mass is 484 g/mol. The predicted octanol–water partition coefficient (Wildman–Crippen LogP) is 10.1. The van der Waals surface area contributed by atoms with Gasteiger partial charge in [-0.3, -0.25) is 0 Å². The van der Waals surface area contributed by atoms with E-state index < -0.39 is 0 Å². The SMILES string of the molecule is CC/C=C\CCCCCCCCOC(CN)OCCCCCCCCCCCCCC.CCC. The van der Waals surface area contributed by atoms with Gasteiger partial charge in [-0.25, -0.2) is 0 Å². The Hall–Kier alpha value is -0.380. The van der Waals surface area contributed by atoms with Gasteiger partial charge in [0.05, 0.1) is 0 Å². The first kappa shape index (κ1) is 35.8. The van der Waals surface area contributed by atoms with E-state index in [0.717, 1.165) is 32.5 Å². The van der Waals surface area contributed by atoms with Gasteiger partial charge in [-0.15, -0.1) is 0 Å². The van der Waals surface area contributed by atoms with Crippen molar-refractivity contribution in [1.29, 1.82) is 0 Å². The van der Waals surface area contributed by atoms with Gasteiger partial charge in [-0.1, -0.05) is 143 Å². The topological polar surface area (TPSA) is 44.5 Å². The van der Waals surface area contributed by atoms with E-state index in [1.54, 1.807) is 0 Å². The summed E-state index contributed by atoms with van der Waals surface area (Å²) in [6.07, 6.45) is 32.2. The summed E-state index contributed by atoms with van der Waals surface area (Å²) in [7, 11) is 0. The Morgan fingerprint density at radius 1 is 0.529 bits per heavy atom. The molecule has 0 amide bonds. The van der Waals surface area contributed by atoms with Crippen LogP contribution in [0.4, 0.5) is 0 Å². The molecule has 0 aliphatic rings. The number of unbranched alkanes of at least 4 members (excludes halogenated alkanes) is 17. The molecule has 0 saturated carbocycles. The third-order valence-electron chi connectivity index (χ3n) is 5.97. The van der Waals surface area contributed by atoms with Crippen LogP contribution < -0.4 is 5.73 Å². The second-order valence-corrected chi connectivity index (χ2v) is 9.79. The van der Waals surface area contributed by atoms with Crippen molar-refractivity contribution in [2.24, 2.45) is 5.73 Å². The smallest absolute Gasteiger partial charge is 0.169 e. The zero-order chi connectivity index (χ0) is 25.4. The van der Waals surface area contributed by atoms with Crippen LogP contribution in [0.2, 0.25) is 0 Å². The van der Waals surface area contributed by atoms with E-state index in [1.807, 2.05) is 0 Å². The standard InChI is InChI=1S/C28H57NO2.C3H8/c1-3-5-7-9-11-13-15-16-18-20-22-24-26-31-28(27-29)30-25-23-21-19-17-14-12-10-8-6-4-2;1-3-2/h6,8,28H,3-5,7,9-27,29H2,1-2H3;3H2,1-2H3/b8-6-;. The zero-order valence-corrected chi connectivity index (χ0v) is 24.1. The summed E-state index contributed by atoms with van der Waals surface area (Å²) in [5.74, 6) is 0. The number of ether oxygens (including phenoxy) is 2. The predicted molar refractivity (Wildman–Crippen MR) is 154 cm³/mol. The van der Waals surface area contributed by atoms with Gasteiger partial charge in [0.25, 0.3) is 0 Å². The fourth-order valence-corrected chi connectivity index (χ4v) is 3.91. The van der Waals surface area contributed by atoms with Crippen LogP contribution in [0.1, 0.15) is 163 Å². The third kappa shape index (κ3) is 33.8. The highest BCUT2D eigenvalue weighted by Gasteiger charge is 2.06. The minimum Gasteiger partial charge on any atom is -0.351 e. The molecule has 1 atom stereocenters. The van der Waals surface area contributed by atoms with Crippen LogP contribution in [0.25, 0.3) is 0 Å². The van der Waals surface area contributed by atoms with E-state index in [2.05, 4.69) is 39.8 Å². The van der Waals surface area contributed by atoms with Crippen LogP contribution in [0.5, 0.6) is 0 Å². The highest BCUT2D eigenvalue weighted by atomic mass is 16.7. The van der Waals surface area contributed by atoms with Crippen molar-refractivity contribution in [3.8, 4) is 0 Å². The number of hydrogen-bond acceptors (Lipinski definition) is 3. The van der Waals surface area contributed by atoms with E-state index in [4.69, 9.17) is 15.2 Å². The van der Waals surface area contributed by atoms with Gasteiger partial charge in [-0.2, -0.15) is 0 Å². The summed E-state index contributed by atoms with van der Waals surface area (Å²) in [5.41, 5.74) is 5.79. The third-order valence-corrected chi connectivity index (χ3v) is 5.97. The average molecular weight is 484 g/mol. The van der Waals surface area contributed by atoms with E-state index in [9.17, 15) is 0 Å². The number of allylic oxidation sites excluding steroid dienone is 2. The van der Waals surface area contributed by atoms with Crippen LogP contribution in [0.15, 0.2) is 12.2 Å². The maximum absolute atomic E-state index is 5.82. The second kappa shape index (κ2) is 34.8. The molecular formula is C31H65NO2. The van der Waals surface area contributed by atoms with Crippen molar-refractivity contribution in [3.63, 3.8) is 0 Å². The first-order valence-electron chi connectivity index (χ1n) is 15.3. The minimum absolute atomic E-state index is 0.210. The molecule has 0 aromatic rings. The maximum Gasteiger partial charge on any atom is 0.169 e. The van der Waals surface area contributed by atoms with Crippen molar-refractivity contribution in [2.75, 3.05) is 19.8 Å². The Morgan fingerprint density at radius 3 is 1.29 bits per heavy atom. The van der Waals surface area contributed by atoms with Gasteiger partial charge in [0.15, 0.2) is 6.29 Å². The molecule has 2 N–H and O–H groups in total. The summed E-state index contributed by atoms with van der Waals surface area (Å²) < 4.78 is 11.6. The molecule has 0 rings (SSSR count). The molecule has 1 unspecified atom stereocenters. The Morgan fingerprint density at radius 2 is 0.912 bits per heavy atom. The highest BCUT2D eigenvalue weighted by molar-refractivity contribution is 4.79. The average Bonchev–Trinajstić information content (AvgIpc) is 2.84. The number of rotatable bonds is 26. The molecule has 0 aliphatic heterocycles. The molecule has 0 radical (unpaired) electrons. The normalized spacial score (nSPS) is 12.1. The summed E-state index contributed by atoms with van der Waals surface area (Å²) in [6, 6.07) is 0. The first-order chi connectivity index (χ1) is 16.8. The molecular weight excluding hydrogens is 418 g/mol. The van der Waals surface area contributed by atoms with Crippen molar-refractivity contribution in [2.45, 2.75) is 169 Å². The molecule has 0 fully saturated rings. The molecule has 206 valence electrons. The fraction of sp³-hybridized carbons (Fsp3) is 0.935. The number of hydrogen-bond donors (Lipinski definition) is 1. The van der Waals surface area contributed by atoms with Crippen LogP contribution in [0.3, 0.4) is 0 Å². The number of nitrogens with two attached hydrogens (primary N) is 1. The molecule has 0 spiro atoms. The van der Waals surface area contributed by atoms with E-state index in [0.29, 0.717) is 6.54 Å². The molecule has 0 aliphatic carbocycles. The van der Waals surface area contributed by atoms with E-state index in [-0.39, 0.29) is 6.29 Å². The lowest BCUT2D eigenvalue weighted by molar-refractivity contribution is -0.137. The van der Waals surface area contributed by atoms with E-state index in [1.165, 1.54) is 116 Å². The summed E-state index contributed by atoms with van der Waals surface area (Å²) >= 11 is 0. The summed E-state index contributed by atoms with van der Waals surface area (Å²) in [6.45, 7) is 10.7. The van der Waals surface area contributed by atoms with Crippen molar-refractivity contribution < 1.29 is 9.47 Å². The molecule has 0 aromatic carbocycles. The van der Waals surface area contributed by atoms with Crippen LogP contribution in [-0.2, 0) is 9.47 Å². The Labute approximate surface area is 216 Å². The second-order valence-electron chi connectivity index (χ2n) is 9.79. The summed E-state index contributed by atoms with van der Waals surface area (Å²) in [4.78, 5) is 0. The Bertz CT molecular complexity index is 359. The molecule has 0 aromatic heterocycles. The Balaban J connectivity index is 0. The lowest BCUT2D eigenvalue weighted by atomic mass is 10.1. The largest absolute Gasteiger partial charge is 0.351 e. The molecule has 34 heavy (non-hydrogen) atoms. The van der Waals surface area contributed by atoms with Gasteiger partial charge in [-0.05, 0) is 32.1 Å².